The highest BCUT2D eigenvalue weighted by Crippen LogP contribution is 2.41. The van der Waals surface area contributed by atoms with E-state index in [-0.39, 0.29) is 21.9 Å². The lowest BCUT2D eigenvalue weighted by molar-refractivity contribution is -0.384. The first-order valence-corrected chi connectivity index (χ1v) is 10.3. The van der Waals surface area contributed by atoms with Crippen molar-refractivity contribution in [1.29, 1.82) is 0 Å². The summed E-state index contributed by atoms with van der Waals surface area (Å²) in [4.78, 5) is 23.8. The van der Waals surface area contributed by atoms with Gasteiger partial charge in [-0.15, -0.1) is 0 Å². The normalized spacial score (nSPS) is 15.2. The van der Waals surface area contributed by atoms with Gasteiger partial charge in [0.05, 0.1) is 16.3 Å². The predicted molar refractivity (Wildman–Crippen MR) is 117 cm³/mol. The van der Waals surface area contributed by atoms with E-state index in [1.54, 1.807) is 6.07 Å². The van der Waals surface area contributed by atoms with Gasteiger partial charge in [-0.2, -0.15) is 0 Å². The molecule has 1 aromatic heterocycles. The zero-order chi connectivity index (χ0) is 20.9. The van der Waals surface area contributed by atoms with Gasteiger partial charge in [-0.1, -0.05) is 53.5 Å². The number of nitrogens with zero attached hydrogens (tertiary/aromatic N) is 2. The van der Waals surface area contributed by atoms with Crippen molar-refractivity contribution in [2.24, 2.45) is 5.41 Å². The van der Waals surface area contributed by atoms with Crippen LogP contribution in [0.15, 0.2) is 53.0 Å². The minimum Gasteiger partial charge on any atom is -0.313 e. The molecule has 1 aliphatic rings. The fraction of sp³-hybridized carbons (Fsp3) is 0.227. The summed E-state index contributed by atoms with van der Waals surface area (Å²) >= 11 is 9.53. The third-order valence-corrected chi connectivity index (χ3v) is 6.01. The second kappa shape index (κ2) is 7.11. The first-order chi connectivity index (χ1) is 13.7. The number of ketones is 1. The Hall–Kier alpha value is -2.44. The standard InChI is InChI=1S/C22H18BrClN2O3/c1-22(2)11-20-16(21(27)12-22)10-18(13-4-3-5-14(23)8-13)25(20)15-6-7-17(24)19(9-15)26(28)29/h3-10H,11-12H2,1-2H3. The molecule has 0 bridgehead atoms. The Kier molecular flexibility index (Phi) is 4.87. The van der Waals surface area contributed by atoms with Crippen molar-refractivity contribution in [2.75, 3.05) is 0 Å². The molecule has 2 aromatic carbocycles. The van der Waals surface area contributed by atoms with Gasteiger partial charge in [-0.05, 0) is 47.7 Å². The maximum atomic E-state index is 12.9. The van der Waals surface area contributed by atoms with Crippen LogP contribution in [0.1, 0.15) is 36.3 Å². The molecule has 0 spiro atoms. The zero-order valence-corrected chi connectivity index (χ0v) is 18.3. The average molecular weight is 474 g/mol. The molecule has 0 aliphatic heterocycles. The molecule has 0 saturated carbocycles. The van der Waals surface area contributed by atoms with E-state index in [9.17, 15) is 14.9 Å². The average Bonchev–Trinajstić information content (AvgIpc) is 3.00. The number of fused-ring (bicyclic) bond motifs is 1. The topological polar surface area (TPSA) is 65.1 Å². The summed E-state index contributed by atoms with van der Waals surface area (Å²) in [5.74, 6) is 0.0923. The third-order valence-electron chi connectivity index (χ3n) is 5.19. The van der Waals surface area contributed by atoms with Crippen molar-refractivity contribution in [3.05, 3.63) is 79.4 Å². The molecule has 4 rings (SSSR count). The summed E-state index contributed by atoms with van der Waals surface area (Å²) in [7, 11) is 0. The van der Waals surface area contributed by atoms with Gasteiger partial charge in [-0.3, -0.25) is 14.9 Å². The second-order valence-corrected chi connectivity index (χ2v) is 9.39. The predicted octanol–water partition coefficient (Wildman–Crippen LogP) is 6.62. The Labute approximate surface area is 181 Å². The number of Topliss-reactive ketones (excluding diaryl/α,β-unsaturated/α-hetero) is 1. The molecule has 0 radical (unpaired) electrons. The first kappa shape index (κ1) is 19.9. The SMILES string of the molecule is CC1(C)CC(=O)c2cc(-c3cccc(Br)c3)n(-c3ccc(Cl)c([N+](=O)[O-])c3)c2C1. The number of hydrogen-bond donors (Lipinski definition) is 0. The Morgan fingerprint density at radius 1 is 1.14 bits per heavy atom. The van der Waals surface area contributed by atoms with Gasteiger partial charge in [0, 0.05) is 28.2 Å². The van der Waals surface area contributed by atoms with Crippen LogP contribution < -0.4 is 0 Å². The number of carbonyl (C=O) groups is 1. The van der Waals surface area contributed by atoms with Crippen molar-refractivity contribution < 1.29 is 9.72 Å². The number of halogens is 2. The van der Waals surface area contributed by atoms with E-state index in [1.165, 1.54) is 12.1 Å². The van der Waals surface area contributed by atoms with E-state index in [0.717, 1.165) is 21.4 Å². The molecule has 0 N–H and O–H groups in total. The monoisotopic (exact) mass is 472 g/mol. The molecule has 0 atom stereocenters. The van der Waals surface area contributed by atoms with Crippen LogP contribution in [0.5, 0.6) is 0 Å². The summed E-state index contributed by atoms with van der Waals surface area (Å²) in [6.07, 6.45) is 1.17. The summed E-state index contributed by atoms with van der Waals surface area (Å²) < 4.78 is 2.87. The van der Waals surface area contributed by atoms with Crippen LogP contribution in [0.2, 0.25) is 5.02 Å². The van der Waals surface area contributed by atoms with Crippen LogP contribution in [0, 0.1) is 15.5 Å². The number of nitro groups is 1. The van der Waals surface area contributed by atoms with Gasteiger partial charge in [0.25, 0.3) is 5.69 Å². The molecule has 3 aromatic rings. The Morgan fingerprint density at radius 3 is 2.59 bits per heavy atom. The fourth-order valence-corrected chi connectivity index (χ4v) is 4.53. The molecular weight excluding hydrogens is 456 g/mol. The third kappa shape index (κ3) is 3.63. The molecule has 5 nitrogen and oxygen atoms in total. The van der Waals surface area contributed by atoms with Crippen LogP contribution in [0.3, 0.4) is 0 Å². The van der Waals surface area contributed by atoms with Gasteiger partial charge in [0.2, 0.25) is 0 Å². The molecule has 1 aliphatic carbocycles. The molecule has 1 heterocycles. The van der Waals surface area contributed by atoms with Gasteiger partial charge >= 0.3 is 0 Å². The Morgan fingerprint density at radius 2 is 1.90 bits per heavy atom. The number of rotatable bonds is 3. The second-order valence-electron chi connectivity index (χ2n) is 8.07. The number of carbonyl (C=O) groups excluding carboxylic acids is 1. The molecule has 29 heavy (non-hydrogen) atoms. The van der Waals surface area contributed by atoms with Crippen LogP contribution in [0.25, 0.3) is 16.9 Å². The zero-order valence-electron chi connectivity index (χ0n) is 15.9. The fourth-order valence-electron chi connectivity index (χ4n) is 3.95. The summed E-state index contributed by atoms with van der Waals surface area (Å²) in [5.41, 5.74) is 3.55. The number of benzene rings is 2. The smallest absolute Gasteiger partial charge is 0.289 e. The number of nitro benzene ring substituents is 1. The molecule has 0 saturated heterocycles. The van der Waals surface area contributed by atoms with Crippen molar-refractivity contribution in [3.63, 3.8) is 0 Å². The van der Waals surface area contributed by atoms with E-state index < -0.39 is 4.92 Å². The van der Waals surface area contributed by atoms with Crippen LogP contribution in [-0.2, 0) is 6.42 Å². The number of hydrogen-bond acceptors (Lipinski definition) is 3. The van der Waals surface area contributed by atoms with Crippen molar-refractivity contribution in [3.8, 4) is 16.9 Å². The molecule has 7 heteroatoms. The molecular formula is C22H18BrClN2O3. The van der Waals surface area contributed by atoms with E-state index in [2.05, 4.69) is 29.8 Å². The Balaban J connectivity index is 2.03. The highest BCUT2D eigenvalue weighted by atomic mass is 79.9. The van der Waals surface area contributed by atoms with Crippen LogP contribution >= 0.6 is 27.5 Å². The highest BCUT2D eigenvalue weighted by Gasteiger charge is 2.35. The van der Waals surface area contributed by atoms with E-state index in [4.69, 9.17) is 11.6 Å². The maximum Gasteiger partial charge on any atom is 0.289 e. The molecule has 0 unspecified atom stereocenters. The van der Waals surface area contributed by atoms with E-state index in [1.807, 2.05) is 34.9 Å². The number of aromatic nitrogens is 1. The van der Waals surface area contributed by atoms with Crippen molar-refractivity contribution >= 4 is 39.0 Å². The summed E-state index contributed by atoms with van der Waals surface area (Å²) in [6, 6.07) is 14.4. The molecule has 0 amide bonds. The minimum atomic E-state index is -0.490. The highest BCUT2D eigenvalue weighted by molar-refractivity contribution is 9.10. The lowest BCUT2D eigenvalue weighted by atomic mass is 9.76. The van der Waals surface area contributed by atoms with E-state index >= 15 is 0 Å². The maximum absolute atomic E-state index is 12.9. The lowest BCUT2D eigenvalue weighted by Gasteiger charge is -2.30. The molecule has 148 valence electrons. The van der Waals surface area contributed by atoms with E-state index in [0.29, 0.717) is 24.1 Å². The molecule has 0 fully saturated rings. The van der Waals surface area contributed by atoms with Gasteiger partial charge < -0.3 is 4.57 Å². The van der Waals surface area contributed by atoms with Crippen molar-refractivity contribution in [1.82, 2.24) is 4.57 Å². The minimum absolute atomic E-state index is 0.0835. The van der Waals surface area contributed by atoms with Crippen LogP contribution in [0.4, 0.5) is 5.69 Å². The Bertz CT molecular complexity index is 1170. The lowest BCUT2D eigenvalue weighted by Crippen LogP contribution is -2.27. The summed E-state index contributed by atoms with van der Waals surface area (Å²) in [6.45, 7) is 4.13. The van der Waals surface area contributed by atoms with Crippen LogP contribution in [-0.4, -0.2) is 15.3 Å². The summed E-state index contributed by atoms with van der Waals surface area (Å²) in [5, 5.41) is 11.5. The van der Waals surface area contributed by atoms with Gasteiger partial charge in [-0.25, -0.2) is 0 Å². The first-order valence-electron chi connectivity index (χ1n) is 9.14. The van der Waals surface area contributed by atoms with Gasteiger partial charge in [0.15, 0.2) is 5.78 Å². The van der Waals surface area contributed by atoms with Gasteiger partial charge in [0.1, 0.15) is 5.02 Å². The van der Waals surface area contributed by atoms with Crippen molar-refractivity contribution in [2.45, 2.75) is 26.7 Å². The quantitative estimate of drug-likeness (QED) is 0.317. The largest absolute Gasteiger partial charge is 0.313 e.